The van der Waals surface area contributed by atoms with E-state index in [2.05, 4.69) is 0 Å². The van der Waals surface area contributed by atoms with E-state index in [4.69, 9.17) is 5.11 Å². The van der Waals surface area contributed by atoms with Crippen molar-refractivity contribution in [2.75, 3.05) is 0 Å². The summed E-state index contributed by atoms with van der Waals surface area (Å²) in [6, 6.07) is 0. The topological polar surface area (TPSA) is 129 Å². The highest BCUT2D eigenvalue weighted by Gasteiger charge is 2.73. The second-order valence-electron chi connectivity index (χ2n) is 12.5. The highest BCUT2D eigenvalue weighted by molar-refractivity contribution is 6.08. The molecule has 4 aliphatic rings. The normalized spacial score (nSPS) is 44.4. The number of carbonyl (C=O) groups is 4. The molecule has 7 heteroatoms. The Labute approximate surface area is 201 Å². The molecule has 2 fully saturated rings. The van der Waals surface area contributed by atoms with E-state index in [-0.39, 0.29) is 48.6 Å². The largest absolute Gasteiger partial charge is 0.481 e. The van der Waals surface area contributed by atoms with Gasteiger partial charge in [-0.3, -0.25) is 19.2 Å². The van der Waals surface area contributed by atoms with Crippen LogP contribution in [-0.4, -0.2) is 50.8 Å². The number of carboxylic acid groups (broad SMARTS) is 1. The number of fused-ring (bicyclic) bond motifs is 4. The van der Waals surface area contributed by atoms with Crippen LogP contribution in [0.25, 0.3) is 0 Å². The Morgan fingerprint density at radius 1 is 1.06 bits per heavy atom. The summed E-state index contributed by atoms with van der Waals surface area (Å²) in [6.07, 6.45) is -1.04. The van der Waals surface area contributed by atoms with Crippen LogP contribution in [0.15, 0.2) is 11.1 Å². The molecule has 2 saturated carbocycles. The molecular formula is C27H38O7. The third-order valence-corrected chi connectivity index (χ3v) is 10.8. The van der Waals surface area contributed by atoms with Crippen molar-refractivity contribution < 1.29 is 34.5 Å². The van der Waals surface area contributed by atoms with E-state index in [1.807, 2.05) is 27.7 Å². The van der Waals surface area contributed by atoms with Crippen LogP contribution in [0.1, 0.15) is 80.1 Å². The number of carboxylic acids is 1. The Balaban J connectivity index is 1.91. The molecule has 8 atom stereocenters. The lowest BCUT2D eigenvalue weighted by atomic mass is 9.42. The first-order valence-electron chi connectivity index (χ1n) is 12.5. The summed E-state index contributed by atoms with van der Waals surface area (Å²) >= 11 is 0. The van der Waals surface area contributed by atoms with Crippen molar-refractivity contribution >= 4 is 23.3 Å². The van der Waals surface area contributed by atoms with Crippen LogP contribution in [-0.2, 0) is 19.2 Å². The number of rotatable bonds is 4. The maximum atomic E-state index is 14.0. The highest BCUT2D eigenvalue weighted by Crippen LogP contribution is 2.70. The second-order valence-corrected chi connectivity index (χ2v) is 12.5. The standard InChI is InChI=1S/C27H38O7/c1-13(7-8-19(31)32)14-11-18(30)27(6)20-15(28)12-16-24(2,3)17(29)9-10-25(16,4)21(20)22(33)23(34)26(14,27)5/h13-16,23,28,34H,7-12H2,1-6H3,(H,31,32)/t13-,14-,15+,16+,23-,25+,26+,27+/m1/s1. The van der Waals surface area contributed by atoms with E-state index in [9.17, 15) is 29.4 Å². The molecule has 0 heterocycles. The predicted molar refractivity (Wildman–Crippen MR) is 124 cm³/mol. The van der Waals surface area contributed by atoms with E-state index in [0.29, 0.717) is 30.4 Å². The van der Waals surface area contributed by atoms with Crippen LogP contribution >= 0.6 is 0 Å². The zero-order chi connectivity index (χ0) is 25.6. The fourth-order valence-corrected chi connectivity index (χ4v) is 8.48. The first-order valence-corrected chi connectivity index (χ1v) is 12.5. The summed E-state index contributed by atoms with van der Waals surface area (Å²) in [5.41, 5.74) is -3.04. The Morgan fingerprint density at radius 3 is 2.26 bits per heavy atom. The lowest BCUT2D eigenvalue weighted by Crippen LogP contribution is -2.64. The summed E-state index contributed by atoms with van der Waals surface area (Å²) in [6.45, 7) is 11.1. The molecule has 4 rings (SSSR count). The van der Waals surface area contributed by atoms with Crippen molar-refractivity contribution in [3.8, 4) is 0 Å². The molecule has 7 nitrogen and oxygen atoms in total. The third-order valence-electron chi connectivity index (χ3n) is 10.8. The summed E-state index contributed by atoms with van der Waals surface area (Å²) < 4.78 is 0. The lowest BCUT2D eigenvalue weighted by molar-refractivity contribution is -0.158. The van der Waals surface area contributed by atoms with Crippen molar-refractivity contribution in [1.82, 2.24) is 0 Å². The molecule has 0 saturated heterocycles. The Bertz CT molecular complexity index is 1010. The number of aliphatic hydroxyl groups is 2. The van der Waals surface area contributed by atoms with Crippen molar-refractivity contribution in [1.29, 1.82) is 0 Å². The molecule has 0 radical (unpaired) electrons. The van der Waals surface area contributed by atoms with Crippen molar-refractivity contribution in [2.24, 2.45) is 39.4 Å². The van der Waals surface area contributed by atoms with Gasteiger partial charge in [-0.2, -0.15) is 0 Å². The lowest BCUT2D eigenvalue weighted by Gasteiger charge is -2.61. The predicted octanol–water partition coefficient (Wildman–Crippen LogP) is 3.11. The van der Waals surface area contributed by atoms with Gasteiger partial charge >= 0.3 is 5.97 Å². The minimum atomic E-state index is -1.44. The SMILES string of the molecule is C[C@H](CCC(=O)O)[C@H]1CC(=O)[C@@]2(C)C3=C(C(=O)[C@@H](O)[C@]12C)[C@@]1(C)CCC(=O)C(C)(C)[C@@H]1C[C@@H]3O. The number of Topliss-reactive ketones (excluding diaryl/α,β-unsaturated/α-hetero) is 3. The van der Waals surface area contributed by atoms with Gasteiger partial charge < -0.3 is 15.3 Å². The van der Waals surface area contributed by atoms with E-state index in [0.717, 1.165) is 0 Å². The van der Waals surface area contributed by atoms with Gasteiger partial charge in [-0.25, -0.2) is 0 Å². The smallest absolute Gasteiger partial charge is 0.303 e. The molecule has 0 amide bonds. The number of aliphatic hydroxyl groups excluding tert-OH is 2. The zero-order valence-electron chi connectivity index (χ0n) is 21.1. The van der Waals surface area contributed by atoms with Crippen LogP contribution in [0.5, 0.6) is 0 Å². The minimum absolute atomic E-state index is 0.0534. The molecular weight excluding hydrogens is 436 g/mol. The molecule has 188 valence electrons. The van der Waals surface area contributed by atoms with Crippen molar-refractivity contribution in [3.63, 3.8) is 0 Å². The van der Waals surface area contributed by atoms with Crippen LogP contribution in [0.4, 0.5) is 0 Å². The fraction of sp³-hybridized carbons (Fsp3) is 0.778. The van der Waals surface area contributed by atoms with Gasteiger partial charge in [0.2, 0.25) is 0 Å². The first kappa shape index (κ1) is 25.2. The first-order chi connectivity index (χ1) is 15.6. The van der Waals surface area contributed by atoms with E-state index in [1.165, 1.54) is 0 Å². The van der Waals surface area contributed by atoms with Gasteiger partial charge in [-0.05, 0) is 49.5 Å². The van der Waals surface area contributed by atoms with Crippen LogP contribution in [0.3, 0.4) is 0 Å². The van der Waals surface area contributed by atoms with Crippen LogP contribution < -0.4 is 0 Å². The maximum absolute atomic E-state index is 14.0. The number of carbonyl (C=O) groups excluding carboxylic acids is 3. The Morgan fingerprint density at radius 2 is 1.68 bits per heavy atom. The molecule has 4 aliphatic carbocycles. The average molecular weight is 475 g/mol. The van der Waals surface area contributed by atoms with Gasteiger partial charge in [0.15, 0.2) is 5.78 Å². The van der Waals surface area contributed by atoms with Gasteiger partial charge in [0.05, 0.1) is 11.5 Å². The minimum Gasteiger partial charge on any atom is -0.481 e. The molecule has 0 aromatic carbocycles. The molecule has 0 aromatic heterocycles. The van der Waals surface area contributed by atoms with Crippen LogP contribution in [0.2, 0.25) is 0 Å². The third kappa shape index (κ3) is 2.89. The Kier molecular flexibility index (Phi) is 5.62. The second kappa shape index (κ2) is 7.57. The molecule has 0 unspecified atom stereocenters. The zero-order valence-corrected chi connectivity index (χ0v) is 21.1. The van der Waals surface area contributed by atoms with Gasteiger partial charge in [-0.15, -0.1) is 0 Å². The summed E-state index contributed by atoms with van der Waals surface area (Å²) in [5.74, 6) is -2.25. The average Bonchev–Trinajstić information content (AvgIpc) is 2.97. The maximum Gasteiger partial charge on any atom is 0.303 e. The van der Waals surface area contributed by atoms with E-state index in [1.54, 1.807) is 13.8 Å². The number of ketones is 3. The number of hydrogen-bond donors (Lipinski definition) is 3. The van der Waals surface area contributed by atoms with Crippen LogP contribution in [0, 0.1) is 39.4 Å². The summed E-state index contributed by atoms with van der Waals surface area (Å²) in [4.78, 5) is 51.7. The molecule has 0 spiro atoms. The molecule has 0 bridgehead atoms. The van der Waals surface area contributed by atoms with Crippen molar-refractivity contribution in [3.05, 3.63) is 11.1 Å². The van der Waals surface area contributed by atoms with Gasteiger partial charge in [0.25, 0.3) is 0 Å². The van der Waals surface area contributed by atoms with E-state index < -0.39 is 45.6 Å². The van der Waals surface area contributed by atoms with Gasteiger partial charge in [0.1, 0.15) is 17.7 Å². The van der Waals surface area contributed by atoms with Crippen molar-refractivity contribution in [2.45, 2.75) is 92.3 Å². The Hall–Kier alpha value is -1.86. The summed E-state index contributed by atoms with van der Waals surface area (Å²) in [7, 11) is 0. The number of hydrogen-bond acceptors (Lipinski definition) is 6. The van der Waals surface area contributed by atoms with Gasteiger partial charge in [-0.1, -0.05) is 34.6 Å². The molecule has 3 N–H and O–H groups in total. The highest BCUT2D eigenvalue weighted by atomic mass is 16.4. The molecule has 34 heavy (non-hydrogen) atoms. The molecule has 0 aliphatic heterocycles. The number of aliphatic carboxylic acids is 1. The molecule has 0 aromatic rings. The quantitative estimate of drug-likeness (QED) is 0.571. The van der Waals surface area contributed by atoms with E-state index >= 15 is 0 Å². The fourth-order valence-electron chi connectivity index (χ4n) is 8.48. The monoisotopic (exact) mass is 474 g/mol. The summed E-state index contributed by atoms with van der Waals surface area (Å²) in [5, 5.41) is 32.2. The van der Waals surface area contributed by atoms with Gasteiger partial charge in [0, 0.05) is 41.1 Å².